The third kappa shape index (κ3) is 4.02. The van der Waals surface area contributed by atoms with E-state index in [0.29, 0.717) is 6.61 Å². The van der Waals surface area contributed by atoms with Crippen molar-refractivity contribution in [3.63, 3.8) is 0 Å². The molecule has 0 amide bonds. The Kier molecular flexibility index (Phi) is 5.98. The first-order chi connectivity index (χ1) is 11.5. The Balaban J connectivity index is 1.68. The van der Waals surface area contributed by atoms with Crippen LogP contribution in [0.1, 0.15) is 62.0 Å². The van der Waals surface area contributed by atoms with Crippen molar-refractivity contribution in [1.82, 2.24) is 9.03 Å². The summed E-state index contributed by atoms with van der Waals surface area (Å²) in [5, 5.41) is 2.06. The molecule has 1 fully saturated rings. The van der Waals surface area contributed by atoms with Crippen LogP contribution in [-0.2, 0) is 21.4 Å². The molecule has 2 heterocycles. The maximum Gasteiger partial charge on any atom is 0.279 e. The lowest BCUT2D eigenvalue weighted by Crippen LogP contribution is -2.49. The Morgan fingerprint density at radius 1 is 1.29 bits per heavy atom. The van der Waals surface area contributed by atoms with Crippen LogP contribution in [-0.4, -0.2) is 38.5 Å². The molecule has 5 nitrogen and oxygen atoms in total. The van der Waals surface area contributed by atoms with Gasteiger partial charge in [0.2, 0.25) is 0 Å². The van der Waals surface area contributed by atoms with Crippen LogP contribution < -0.4 is 4.72 Å². The smallest absolute Gasteiger partial charge is 0.279 e. The van der Waals surface area contributed by atoms with Crippen LogP contribution in [0.3, 0.4) is 0 Å². The molecule has 0 aromatic carbocycles. The number of thiophene rings is 1. The molecule has 1 aromatic rings. The first kappa shape index (κ1) is 18.3. The fraction of sp³-hybridized carbons (Fsp3) is 0.765. The van der Waals surface area contributed by atoms with Gasteiger partial charge in [-0.1, -0.05) is 25.7 Å². The van der Waals surface area contributed by atoms with Gasteiger partial charge in [0.05, 0.1) is 18.8 Å². The van der Waals surface area contributed by atoms with E-state index in [1.807, 2.05) is 6.92 Å². The summed E-state index contributed by atoms with van der Waals surface area (Å²) in [6.45, 7) is 2.55. The Bertz CT molecular complexity index is 636. The third-order valence-corrected chi connectivity index (χ3v) is 7.94. The summed E-state index contributed by atoms with van der Waals surface area (Å²) >= 11 is 1.73. The molecule has 136 valence electrons. The van der Waals surface area contributed by atoms with E-state index >= 15 is 0 Å². The van der Waals surface area contributed by atoms with Crippen LogP contribution in [0.15, 0.2) is 11.4 Å². The van der Waals surface area contributed by atoms with E-state index in [0.717, 1.165) is 37.7 Å². The topological polar surface area (TPSA) is 58.6 Å². The van der Waals surface area contributed by atoms with Gasteiger partial charge in [-0.2, -0.15) is 17.4 Å². The second kappa shape index (κ2) is 7.83. The van der Waals surface area contributed by atoms with E-state index in [1.165, 1.54) is 17.7 Å². The lowest BCUT2D eigenvalue weighted by molar-refractivity contribution is 0.0256. The minimum absolute atomic E-state index is 0.112. The van der Waals surface area contributed by atoms with Gasteiger partial charge in [-0.3, -0.25) is 0 Å². The zero-order valence-corrected chi connectivity index (χ0v) is 16.2. The Morgan fingerprint density at radius 2 is 2.00 bits per heavy atom. The second-order valence-corrected chi connectivity index (χ2v) is 9.68. The van der Waals surface area contributed by atoms with Gasteiger partial charge >= 0.3 is 0 Å². The SMILES string of the molecule is CC(NS(=O)(=O)N(C)C1CCCCCC1)C1OCCc2sccc21. The van der Waals surface area contributed by atoms with E-state index in [4.69, 9.17) is 4.74 Å². The number of rotatable bonds is 5. The summed E-state index contributed by atoms with van der Waals surface area (Å²) in [6, 6.07) is 1.89. The first-order valence-corrected chi connectivity index (χ1v) is 11.2. The molecule has 1 saturated carbocycles. The highest BCUT2D eigenvalue weighted by Crippen LogP contribution is 2.33. The van der Waals surface area contributed by atoms with Gasteiger partial charge in [-0.25, -0.2) is 0 Å². The summed E-state index contributed by atoms with van der Waals surface area (Å²) in [7, 11) is -1.79. The summed E-state index contributed by atoms with van der Waals surface area (Å²) in [5.74, 6) is 0. The fourth-order valence-electron chi connectivity index (χ4n) is 3.79. The molecule has 1 aromatic heterocycles. The van der Waals surface area contributed by atoms with Crippen molar-refractivity contribution >= 4 is 21.5 Å². The number of nitrogens with zero attached hydrogens (tertiary/aromatic N) is 1. The highest BCUT2D eigenvalue weighted by molar-refractivity contribution is 7.87. The van der Waals surface area contributed by atoms with Crippen molar-refractivity contribution in [2.24, 2.45) is 0 Å². The van der Waals surface area contributed by atoms with Crippen molar-refractivity contribution < 1.29 is 13.2 Å². The van der Waals surface area contributed by atoms with E-state index < -0.39 is 10.2 Å². The van der Waals surface area contributed by atoms with Gasteiger partial charge < -0.3 is 4.74 Å². The minimum Gasteiger partial charge on any atom is -0.371 e. The summed E-state index contributed by atoms with van der Waals surface area (Å²) < 4.78 is 35.9. The first-order valence-electron chi connectivity index (χ1n) is 8.92. The third-order valence-electron chi connectivity index (χ3n) is 5.22. The summed E-state index contributed by atoms with van der Waals surface area (Å²) in [6.07, 6.45) is 7.30. The molecule has 0 radical (unpaired) electrons. The van der Waals surface area contributed by atoms with Crippen LogP contribution in [0.2, 0.25) is 0 Å². The number of nitrogens with one attached hydrogen (secondary N) is 1. The van der Waals surface area contributed by atoms with Crippen LogP contribution in [0.25, 0.3) is 0 Å². The molecule has 24 heavy (non-hydrogen) atoms. The highest BCUT2D eigenvalue weighted by atomic mass is 32.2. The quantitative estimate of drug-likeness (QED) is 0.807. The van der Waals surface area contributed by atoms with Gasteiger partial charge in [0.25, 0.3) is 10.2 Å². The predicted octanol–water partition coefficient (Wildman–Crippen LogP) is 3.24. The minimum atomic E-state index is -3.50. The van der Waals surface area contributed by atoms with Crippen molar-refractivity contribution in [2.45, 2.75) is 70.1 Å². The molecule has 2 aliphatic rings. The monoisotopic (exact) mass is 372 g/mol. The lowest BCUT2D eigenvalue weighted by Gasteiger charge is -2.32. The zero-order chi connectivity index (χ0) is 17.2. The molecule has 0 spiro atoms. The van der Waals surface area contributed by atoms with Gasteiger partial charge in [-0.05, 0) is 36.8 Å². The van der Waals surface area contributed by atoms with E-state index in [9.17, 15) is 8.42 Å². The molecule has 0 saturated heterocycles. The highest BCUT2D eigenvalue weighted by Gasteiger charge is 2.33. The average Bonchev–Trinajstić information content (AvgIpc) is 2.87. The molecule has 1 aliphatic heterocycles. The number of fused-ring (bicyclic) bond motifs is 1. The van der Waals surface area contributed by atoms with Crippen molar-refractivity contribution in [1.29, 1.82) is 0 Å². The standard InChI is InChI=1S/C17H28N2O3S2/c1-13(17-15-10-12-23-16(15)9-11-22-17)18-24(20,21)19(2)14-7-5-3-4-6-8-14/h10,12-14,17-18H,3-9,11H2,1-2H3. The number of hydrogen-bond acceptors (Lipinski definition) is 4. The van der Waals surface area contributed by atoms with Gasteiger partial charge in [0.1, 0.15) is 0 Å². The predicted molar refractivity (Wildman–Crippen MR) is 97.5 cm³/mol. The van der Waals surface area contributed by atoms with E-state index in [1.54, 1.807) is 22.7 Å². The molecule has 2 atom stereocenters. The van der Waals surface area contributed by atoms with Crippen LogP contribution in [0.4, 0.5) is 0 Å². The maximum atomic E-state index is 12.8. The van der Waals surface area contributed by atoms with Crippen molar-refractivity contribution in [3.05, 3.63) is 21.9 Å². The van der Waals surface area contributed by atoms with Crippen molar-refractivity contribution in [2.75, 3.05) is 13.7 Å². The van der Waals surface area contributed by atoms with Crippen molar-refractivity contribution in [3.8, 4) is 0 Å². The maximum absolute atomic E-state index is 12.8. The molecule has 7 heteroatoms. The lowest BCUT2D eigenvalue weighted by atomic mass is 10.0. The number of hydrogen-bond donors (Lipinski definition) is 1. The summed E-state index contributed by atoms with van der Waals surface area (Å²) in [4.78, 5) is 1.31. The fourth-order valence-corrected chi connectivity index (χ4v) is 6.05. The Morgan fingerprint density at radius 3 is 2.71 bits per heavy atom. The molecule has 1 N–H and O–H groups in total. The molecular weight excluding hydrogens is 344 g/mol. The number of ether oxygens (including phenoxy) is 1. The molecule has 2 unspecified atom stereocenters. The zero-order valence-electron chi connectivity index (χ0n) is 14.5. The van der Waals surface area contributed by atoms with Crippen LogP contribution in [0.5, 0.6) is 0 Å². The van der Waals surface area contributed by atoms with Gasteiger partial charge in [0.15, 0.2) is 0 Å². The van der Waals surface area contributed by atoms with E-state index in [2.05, 4.69) is 16.2 Å². The van der Waals surface area contributed by atoms with E-state index in [-0.39, 0.29) is 18.2 Å². The second-order valence-electron chi connectivity index (χ2n) is 6.91. The van der Waals surface area contributed by atoms with Gasteiger partial charge in [-0.15, -0.1) is 11.3 Å². The molecule has 0 bridgehead atoms. The van der Waals surface area contributed by atoms with Crippen LogP contribution in [0, 0.1) is 0 Å². The largest absolute Gasteiger partial charge is 0.371 e. The molecule has 1 aliphatic carbocycles. The molecular formula is C17H28N2O3S2. The Labute approximate surface area is 149 Å². The Hall–Kier alpha value is -0.470. The average molecular weight is 373 g/mol. The molecule has 3 rings (SSSR count). The normalized spacial score (nSPS) is 24.5. The van der Waals surface area contributed by atoms with Gasteiger partial charge in [0, 0.05) is 24.4 Å². The van der Waals surface area contributed by atoms with Crippen LogP contribution >= 0.6 is 11.3 Å². The summed E-state index contributed by atoms with van der Waals surface area (Å²) in [5.41, 5.74) is 1.14.